The summed E-state index contributed by atoms with van der Waals surface area (Å²) < 4.78 is 34.6. The molecule has 3 fully saturated rings. The van der Waals surface area contributed by atoms with Gasteiger partial charge in [0.25, 0.3) is 0 Å². The van der Waals surface area contributed by atoms with Crippen molar-refractivity contribution in [3.05, 3.63) is 97.2 Å². The van der Waals surface area contributed by atoms with E-state index in [2.05, 4.69) is 104 Å². The van der Waals surface area contributed by atoms with Crippen LogP contribution in [0.15, 0.2) is 97.2 Å². The summed E-state index contributed by atoms with van der Waals surface area (Å²) in [6.45, 7) is 1.67. The third-order valence-corrected chi connectivity index (χ3v) is 22.6. The molecule has 3 aliphatic heterocycles. The molecule has 0 aliphatic carbocycles. The number of carbonyl (C=O) groups is 1. The molecule has 0 radical (unpaired) electrons. The standard InChI is InChI=1S/C95H169NO18/c1-3-5-7-9-11-13-15-17-19-21-23-25-27-29-31-33-35-37-38-39-40-41-43-45-47-49-51-53-55-57-59-61-63-65-67-69-71-73-83(101)96-78(79(100)72-70-68-66-64-62-60-58-56-54-52-50-48-46-44-42-36-34-32-30-28-26-24-22-20-18-16-14-12-10-8-6-4-2)77-109-93-89(107)86(104)91(81(75-98)111-93)114-95-90(108)87(105)92(82(76-99)112-95)113-94-88(106)85(103)84(102)80(74-97)110-94/h5,7,11,13,17,19,23,25,29,31,35,37,39-40,70,72,78-82,84-95,97-100,102-108H,3-4,6,8-10,12,14-16,18,20-22,24,26-28,30,32-34,36,38,41-69,71,73-77H2,1-2H3,(H,96,101)/b7-5-,13-11-,19-17-,25-23-,31-29-,37-35-,40-39-,72-70+. The predicted octanol–water partition coefficient (Wildman–Crippen LogP) is 18.2. The molecule has 0 aromatic rings. The third-order valence-electron chi connectivity index (χ3n) is 22.6. The zero-order chi connectivity index (χ0) is 82.4. The maximum absolute atomic E-state index is 13.5. The van der Waals surface area contributed by atoms with Crippen LogP contribution in [0.2, 0.25) is 0 Å². The fraction of sp³-hybridized carbons (Fsp3) is 0.821. The molecule has 17 atom stereocenters. The molecule has 0 saturated carbocycles. The first kappa shape index (κ1) is 105. The lowest BCUT2D eigenvalue weighted by Crippen LogP contribution is -2.66. The van der Waals surface area contributed by atoms with Crippen LogP contribution < -0.4 is 5.32 Å². The topological polar surface area (TPSA) is 307 Å². The van der Waals surface area contributed by atoms with Crippen LogP contribution in [0.4, 0.5) is 0 Å². The highest BCUT2D eigenvalue weighted by molar-refractivity contribution is 5.76. The molecular formula is C95H169NO18. The summed E-state index contributed by atoms with van der Waals surface area (Å²) in [5, 5.41) is 121. The highest BCUT2D eigenvalue weighted by Crippen LogP contribution is 2.34. The minimum absolute atomic E-state index is 0.240. The minimum Gasteiger partial charge on any atom is -0.394 e. The van der Waals surface area contributed by atoms with Crippen molar-refractivity contribution in [2.75, 3.05) is 26.4 Å². The molecule has 0 spiro atoms. The van der Waals surface area contributed by atoms with Crippen LogP contribution in [0.3, 0.4) is 0 Å². The SMILES string of the molecule is CC/C=C\C/C=C\C/C=C\C/C=C\C/C=C\C/C=C\C/C=C\CCCCCCCCCCCCCCCCCC(=O)NC(COC1OC(CO)C(OC2OC(CO)C(OC3OC(CO)C(O)C(O)C3O)C(O)C2O)C(O)C1O)C(O)/C=C/CCCCCCCCCCCCCCCCCCCCCCCCCCCCCCCC. The van der Waals surface area contributed by atoms with Gasteiger partial charge in [0.15, 0.2) is 18.9 Å². The van der Waals surface area contributed by atoms with Crippen LogP contribution in [0, 0.1) is 0 Å². The molecule has 0 aromatic carbocycles. The molecule has 3 aliphatic rings. The molecule has 0 bridgehead atoms. The number of carbonyl (C=O) groups excluding carboxylic acids is 1. The summed E-state index contributed by atoms with van der Waals surface area (Å²) in [5.41, 5.74) is 0. The first-order valence-electron chi connectivity index (χ1n) is 46.5. The number of rotatable bonds is 75. The smallest absolute Gasteiger partial charge is 0.220 e. The average Bonchev–Trinajstić information content (AvgIpc) is 0.777. The fourth-order valence-corrected chi connectivity index (χ4v) is 15.3. The van der Waals surface area contributed by atoms with Gasteiger partial charge in [-0.1, -0.05) is 381 Å². The largest absolute Gasteiger partial charge is 0.394 e. The van der Waals surface area contributed by atoms with Crippen molar-refractivity contribution in [3.63, 3.8) is 0 Å². The van der Waals surface area contributed by atoms with E-state index in [0.29, 0.717) is 6.42 Å². The first-order valence-corrected chi connectivity index (χ1v) is 46.5. The van der Waals surface area contributed by atoms with Gasteiger partial charge < -0.3 is 89.9 Å². The summed E-state index contributed by atoms with van der Waals surface area (Å²) in [6, 6.07) is -0.980. The van der Waals surface area contributed by atoms with Gasteiger partial charge in [0.2, 0.25) is 5.91 Å². The van der Waals surface area contributed by atoms with Gasteiger partial charge in [-0.25, -0.2) is 0 Å². The van der Waals surface area contributed by atoms with Crippen LogP contribution in [-0.4, -0.2) is 193 Å². The number of hydrogen-bond donors (Lipinski definition) is 12. The Labute approximate surface area is 692 Å². The number of unbranched alkanes of at least 4 members (excludes halogenated alkanes) is 45. The third kappa shape index (κ3) is 51.4. The summed E-state index contributed by atoms with van der Waals surface area (Å²) in [6.07, 6.45) is 75.5. The van der Waals surface area contributed by atoms with E-state index in [1.54, 1.807) is 6.08 Å². The molecular weight excluding hydrogens is 1440 g/mol. The molecule has 0 aromatic heterocycles. The second-order valence-electron chi connectivity index (χ2n) is 32.7. The Hall–Kier alpha value is -3.29. The molecule has 662 valence electrons. The lowest BCUT2D eigenvalue weighted by Gasteiger charge is -2.48. The van der Waals surface area contributed by atoms with Crippen molar-refractivity contribution in [1.29, 1.82) is 0 Å². The van der Waals surface area contributed by atoms with Crippen molar-refractivity contribution < 1.29 is 89.4 Å². The monoisotopic (exact) mass is 1610 g/mol. The summed E-state index contributed by atoms with van der Waals surface area (Å²) in [4.78, 5) is 13.5. The van der Waals surface area contributed by atoms with Crippen LogP contribution in [0.25, 0.3) is 0 Å². The van der Waals surface area contributed by atoms with E-state index >= 15 is 0 Å². The lowest BCUT2D eigenvalue weighted by molar-refractivity contribution is -0.379. The van der Waals surface area contributed by atoms with Crippen molar-refractivity contribution in [3.8, 4) is 0 Å². The van der Waals surface area contributed by atoms with Gasteiger partial charge in [-0.3, -0.25) is 4.79 Å². The molecule has 19 heteroatoms. The van der Waals surface area contributed by atoms with E-state index in [0.717, 1.165) is 96.3 Å². The first-order chi connectivity index (χ1) is 55.8. The highest BCUT2D eigenvalue weighted by atomic mass is 16.8. The molecule has 17 unspecified atom stereocenters. The van der Waals surface area contributed by atoms with Crippen LogP contribution in [-0.2, 0) is 33.2 Å². The molecule has 3 heterocycles. The van der Waals surface area contributed by atoms with Crippen molar-refractivity contribution >= 4 is 5.91 Å². The van der Waals surface area contributed by atoms with Crippen molar-refractivity contribution in [2.24, 2.45) is 0 Å². The van der Waals surface area contributed by atoms with Crippen molar-refractivity contribution in [2.45, 2.75) is 471 Å². The number of aliphatic hydroxyl groups excluding tert-OH is 11. The van der Waals surface area contributed by atoms with Gasteiger partial charge in [0.05, 0.1) is 38.6 Å². The van der Waals surface area contributed by atoms with E-state index in [9.17, 15) is 61.0 Å². The Kier molecular flexibility index (Phi) is 67.7. The van der Waals surface area contributed by atoms with Crippen LogP contribution in [0.1, 0.15) is 367 Å². The number of nitrogens with one attached hydrogen (secondary N) is 1. The molecule has 1 amide bonds. The quantitative estimate of drug-likeness (QED) is 0.0199. The Balaban J connectivity index is 1.32. The fourth-order valence-electron chi connectivity index (χ4n) is 15.3. The molecule has 114 heavy (non-hydrogen) atoms. The van der Waals surface area contributed by atoms with Gasteiger partial charge in [0.1, 0.15) is 73.2 Å². The van der Waals surface area contributed by atoms with Gasteiger partial charge in [-0.15, -0.1) is 0 Å². The summed E-state index contributed by atoms with van der Waals surface area (Å²) in [7, 11) is 0. The van der Waals surface area contributed by atoms with Gasteiger partial charge in [-0.2, -0.15) is 0 Å². The lowest BCUT2D eigenvalue weighted by atomic mass is 9.96. The predicted molar refractivity (Wildman–Crippen MR) is 461 cm³/mol. The van der Waals surface area contributed by atoms with Gasteiger partial charge >= 0.3 is 0 Å². The number of allylic oxidation sites excluding steroid dienone is 15. The Morgan fingerprint density at radius 2 is 0.605 bits per heavy atom. The molecule has 3 saturated heterocycles. The minimum atomic E-state index is -1.98. The normalized spacial score (nSPS) is 25.1. The Bertz CT molecular complexity index is 2430. The van der Waals surface area contributed by atoms with E-state index < -0.39 is 124 Å². The van der Waals surface area contributed by atoms with Crippen molar-refractivity contribution in [1.82, 2.24) is 5.32 Å². The number of amides is 1. The Morgan fingerprint density at radius 3 is 0.947 bits per heavy atom. The van der Waals surface area contributed by atoms with Gasteiger partial charge in [0, 0.05) is 6.42 Å². The van der Waals surface area contributed by atoms with E-state index in [1.165, 1.54) is 244 Å². The number of hydrogen-bond acceptors (Lipinski definition) is 18. The maximum atomic E-state index is 13.5. The zero-order valence-corrected chi connectivity index (χ0v) is 71.5. The molecule has 12 N–H and O–H groups in total. The summed E-state index contributed by atoms with van der Waals surface area (Å²) >= 11 is 0. The summed E-state index contributed by atoms with van der Waals surface area (Å²) in [5.74, 6) is -0.273. The molecule has 3 rings (SSSR count). The Morgan fingerprint density at radius 1 is 0.325 bits per heavy atom. The highest BCUT2D eigenvalue weighted by Gasteiger charge is 2.54. The maximum Gasteiger partial charge on any atom is 0.220 e. The average molecular weight is 1610 g/mol. The number of aliphatic hydroxyl groups is 11. The van der Waals surface area contributed by atoms with Crippen LogP contribution in [0.5, 0.6) is 0 Å². The zero-order valence-electron chi connectivity index (χ0n) is 71.5. The second kappa shape index (κ2) is 73.6. The molecule has 19 nitrogen and oxygen atoms in total. The number of ether oxygens (including phenoxy) is 6. The van der Waals surface area contributed by atoms with E-state index in [4.69, 9.17) is 28.4 Å². The van der Waals surface area contributed by atoms with Crippen LogP contribution >= 0.6 is 0 Å². The van der Waals surface area contributed by atoms with Gasteiger partial charge in [-0.05, 0) is 77.0 Å². The van der Waals surface area contributed by atoms with E-state index in [1.807, 2.05) is 6.08 Å². The van der Waals surface area contributed by atoms with E-state index in [-0.39, 0.29) is 18.9 Å². The second-order valence-corrected chi connectivity index (χ2v) is 32.7.